The number of amides is 2. The first kappa shape index (κ1) is 17.7. The van der Waals surface area contributed by atoms with Crippen LogP contribution in [0.5, 0.6) is 0 Å². The van der Waals surface area contributed by atoms with E-state index in [4.69, 9.17) is 4.42 Å². The Labute approximate surface area is 129 Å². The van der Waals surface area contributed by atoms with Gasteiger partial charge in [-0.05, 0) is 31.9 Å². The van der Waals surface area contributed by atoms with E-state index in [0.717, 1.165) is 0 Å². The molecule has 7 nitrogen and oxygen atoms in total. The van der Waals surface area contributed by atoms with Gasteiger partial charge >= 0.3 is 5.97 Å². The fourth-order valence-electron chi connectivity index (χ4n) is 2.03. The number of carboxylic acid groups (broad SMARTS) is 1. The SMILES string of the molecule is CCC(CC)(CNC(=O)C(C)NC(=O)c1ccco1)C(=O)O. The third kappa shape index (κ3) is 4.09. The average Bonchev–Trinajstić information content (AvgIpc) is 3.02. The van der Waals surface area contributed by atoms with Gasteiger partial charge < -0.3 is 20.2 Å². The Balaban J connectivity index is 2.57. The number of aliphatic carboxylic acids is 1. The number of carbonyl (C=O) groups excluding carboxylic acids is 2. The Kier molecular flexibility index (Phi) is 6.15. The summed E-state index contributed by atoms with van der Waals surface area (Å²) in [6.07, 6.45) is 2.18. The van der Waals surface area contributed by atoms with Gasteiger partial charge in [-0.2, -0.15) is 0 Å². The molecule has 1 rings (SSSR count). The smallest absolute Gasteiger partial charge is 0.311 e. The van der Waals surface area contributed by atoms with Crippen molar-refractivity contribution in [3.8, 4) is 0 Å². The van der Waals surface area contributed by atoms with Gasteiger partial charge in [-0.1, -0.05) is 13.8 Å². The standard InChI is InChI=1S/C15H22N2O5/c1-4-15(5-2,14(20)21)9-16-12(18)10(3)17-13(19)11-7-6-8-22-11/h6-8,10H,4-5,9H2,1-3H3,(H,16,18)(H,17,19)(H,20,21). The van der Waals surface area contributed by atoms with Crippen molar-refractivity contribution >= 4 is 17.8 Å². The van der Waals surface area contributed by atoms with E-state index in [1.54, 1.807) is 19.9 Å². The molecule has 0 bridgehead atoms. The molecule has 122 valence electrons. The van der Waals surface area contributed by atoms with Gasteiger partial charge in [0.1, 0.15) is 6.04 Å². The van der Waals surface area contributed by atoms with Crippen molar-refractivity contribution in [2.24, 2.45) is 5.41 Å². The minimum Gasteiger partial charge on any atom is -0.481 e. The maximum absolute atomic E-state index is 12.0. The van der Waals surface area contributed by atoms with E-state index in [2.05, 4.69) is 10.6 Å². The summed E-state index contributed by atoms with van der Waals surface area (Å²) < 4.78 is 4.93. The molecule has 0 spiro atoms. The first-order chi connectivity index (χ1) is 10.4. The summed E-state index contributed by atoms with van der Waals surface area (Å²) in [5, 5.41) is 14.4. The summed E-state index contributed by atoms with van der Waals surface area (Å²) in [6, 6.07) is 2.27. The number of nitrogens with one attached hydrogen (secondary N) is 2. The molecule has 1 atom stereocenters. The van der Waals surface area contributed by atoms with Gasteiger partial charge in [0.05, 0.1) is 11.7 Å². The molecule has 2 amide bonds. The Morgan fingerprint density at radius 2 is 1.95 bits per heavy atom. The highest BCUT2D eigenvalue weighted by Crippen LogP contribution is 2.25. The van der Waals surface area contributed by atoms with E-state index >= 15 is 0 Å². The number of rotatable bonds is 8. The van der Waals surface area contributed by atoms with Crippen molar-refractivity contribution in [3.05, 3.63) is 24.2 Å². The highest BCUT2D eigenvalue weighted by molar-refractivity contribution is 5.95. The predicted molar refractivity (Wildman–Crippen MR) is 79.3 cm³/mol. The summed E-state index contributed by atoms with van der Waals surface area (Å²) in [5.41, 5.74) is -0.986. The average molecular weight is 310 g/mol. The van der Waals surface area contributed by atoms with E-state index in [9.17, 15) is 19.5 Å². The second-order valence-corrected chi connectivity index (χ2v) is 5.18. The Morgan fingerprint density at radius 1 is 1.32 bits per heavy atom. The molecular formula is C15H22N2O5. The second-order valence-electron chi connectivity index (χ2n) is 5.18. The van der Waals surface area contributed by atoms with Gasteiger partial charge in [0.15, 0.2) is 5.76 Å². The molecule has 1 aromatic rings. The largest absolute Gasteiger partial charge is 0.481 e. The first-order valence-electron chi connectivity index (χ1n) is 7.21. The molecule has 0 aromatic carbocycles. The maximum atomic E-state index is 12.0. The summed E-state index contributed by atoms with van der Waals surface area (Å²) in [6.45, 7) is 5.09. The van der Waals surface area contributed by atoms with Crippen molar-refractivity contribution in [1.29, 1.82) is 0 Å². The van der Waals surface area contributed by atoms with Crippen LogP contribution in [0.3, 0.4) is 0 Å². The summed E-state index contributed by atoms with van der Waals surface area (Å²) in [4.78, 5) is 35.1. The van der Waals surface area contributed by atoms with E-state index in [0.29, 0.717) is 12.8 Å². The minimum absolute atomic E-state index is 0.0229. The molecule has 0 aliphatic heterocycles. The molecular weight excluding hydrogens is 288 g/mol. The van der Waals surface area contributed by atoms with Crippen LogP contribution in [-0.4, -0.2) is 35.5 Å². The molecule has 0 saturated heterocycles. The second kappa shape index (κ2) is 7.63. The fraction of sp³-hybridized carbons (Fsp3) is 0.533. The lowest BCUT2D eigenvalue weighted by Crippen LogP contribution is -2.49. The van der Waals surface area contributed by atoms with Crippen LogP contribution < -0.4 is 10.6 Å². The zero-order valence-electron chi connectivity index (χ0n) is 13.0. The molecule has 1 aromatic heterocycles. The molecule has 0 saturated carbocycles. The van der Waals surface area contributed by atoms with Crippen molar-refractivity contribution in [2.45, 2.75) is 39.7 Å². The molecule has 1 heterocycles. The van der Waals surface area contributed by atoms with Crippen molar-refractivity contribution < 1.29 is 23.9 Å². The van der Waals surface area contributed by atoms with Crippen LogP contribution in [0.2, 0.25) is 0 Å². The molecule has 0 aliphatic carbocycles. The van der Waals surface area contributed by atoms with Crippen LogP contribution in [0, 0.1) is 5.41 Å². The summed E-state index contributed by atoms with van der Waals surface area (Å²) >= 11 is 0. The molecule has 3 N–H and O–H groups in total. The lowest BCUT2D eigenvalue weighted by molar-refractivity contribution is -0.149. The van der Waals surface area contributed by atoms with E-state index in [-0.39, 0.29) is 12.3 Å². The topological polar surface area (TPSA) is 109 Å². The Morgan fingerprint density at radius 3 is 2.41 bits per heavy atom. The number of carboxylic acids is 1. The van der Waals surface area contributed by atoms with Crippen molar-refractivity contribution in [1.82, 2.24) is 10.6 Å². The third-order valence-corrected chi connectivity index (χ3v) is 3.89. The van der Waals surface area contributed by atoms with Crippen LogP contribution in [-0.2, 0) is 9.59 Å². The predicted octanol–water partition coefficient (Wildman–Crippen LogP) is 1.41. The number of hydrogen-bond donors (Lipinski definition) is 3. The van der Waals surface area contributed by atoms with Gasteiger partial charge in [-0.3, -0.25) is 14.4 Å². The lowest BCUT2D eigenvalue weighted by atomic mass is 9.82. The number of carbonyl (C=O) groups is 3. The molecule has 1 unspecified atom stereocenters. The number of hydrogen-bond acceptors (Lipinski definition) is 4. The highest BCUT2D eigenvalue weighted by atomic mass is 16.4. The van der Waals surface area contributed by atoms with Gasteiger partial charge in [0.25, 0.3) is 5.91 Å². The van der Waals surface area contributed by atoms with Crippen LogP contribution in [0.25, 0.3) is 0 Å². The van der Waals surface area contributed by atoms with E-state index in [1.165, 1.54) is 19.3 Å². The van der Waals surface area contributed by atoms with E-state index < -0.39 is 29.2 Å². The highest BCUT2D eigenvalue weighted by Gasteiger charge is 2.35. The zero-order chi connectivity index (χ0) is 16.8. The molecule has 7 heteroatoms. The monoisotopic (exact) mass is 310 g/mol. The van der Waals surface area contributed by atoms with Crippen LogP contribution >= 0.6 is 0 Å². The van der Waals surface area contributed by atoms with Crippen molar-refractivity contribution in [2.75, 3.05) is 6.54 Å². The maximum Gasteiger partial charge on any atom is 0.311 e. The fourth-order valence-corrected chi connectivity index (χ4v) is 2.03. The lowest BCUT2D eigenvalue weighted by Gasteiger charge is -2.27. The van der Waals surface area contributed by atoms with Gasteiger partial charge in [0, 0.05) is 6.54 Å². The zero-order valence-corrected chi connectivity index (χ0v) is 13.0. The number of furan rings is 1. The van der Waals surface area contributed by atoms with E-state index in [1.807, 2.05) is 0 Å². The Hall–Kier alpha value is -2.31. The van der Waals surface area contributed by atoms with Gasteiger partial charge in [-0.15, -0.1) is 0 Å². The summed E-state index contributed by atoms with van der Waals surface area (Å²) in [5.74, 6) is -1.76. The van der Waals surface area contributed by atoms with Gasteiger partial charge in [0.2, 0.25) is 5.91 Å². The van der Waals surface area contributed by atoms with Crippen LogP contribution in [0.15, 0.2) is 22.8 Å². The molecule has 0 fully saturated rings. The molecule has 0 radical (unpaired) electrons. The minimum atomic E-state index is -0.986. The van der Waals surface area contributed by atoms with Crippen LogP contribution in [0.4, 0.5) is 0 Å². The third-order valence-electron chi connectivity index (χ3n) is 3.89. The summed E-state index contributed by atoms with van der Waals surface area (Å²) in [7, 11) is 0. The molecule has 0 aliphatic rings. The van der Waals surface area contributed by atoms with Crippen molar-refractivity contribution in [3.63, 3.8) is 0 Å². The normalized spacial score (nSPS) is 12.5. The Bertz CT molecular complexity index is 520. The quantitative estimate of drug-likeness (QED) is 0.672. The first-order valence-corrected chi connectivity index (χ1v) is 7.21. The molecule has 22 heavy (non-hydrogen) atoms. The van der Waals surface area contributed by atoms with Gasteiger partial charge in [-0.25, -0.2) is 0 Å². The van der Waals surface area contributed by atoms with Crippen LogP contribution in [0.1, 0.15) is 44.2 Å².